The summed E-state index contributed by atoms with van der Waals surface area (Å²) in [5, 5.41) is 14.1. The van der Waals surface area contributed by atoms with E-state index in [2.05, 4.69) is 26.1 Å². The number of benzene rings is 2. The number of rotatable bonds is 3. The van der Waals surface area contributed by atoms with Gasteiger partial charge in [-0.2, -0.15) is 4.98 Å². The van der Waals surface area contributed by atoms with Crippen molar-refractivity contribution in [2.45, 2.75) is 0 Å². The summed E-state index contributed by atoms with van der Waals surface area (Å²) in [5.41, 5.74) is 1.25. The second kappa shape index (κ2) is 5.57. The lowest BCUT2D eigenvalue weighted by molar-refractivity contribution is 0.371. The Morgan fingerprint density at radius 3 is 2.62 bits per heavy atom. The van der Waals surface area contributed by atoms with Gasteiger partial charge in [0.15, 0.2) is 11.5 Å². The van der Waals surface area contributed by atoms with E-state index in [-0.39, 0.29) is 11.6 Å². The number of para-hydroxylation sites is 1. The van der Waals surface area contributed by atoms with Gasteiger partial charge in [0.25, 0.3) is 5.89 Å². The summed E-state index contributed by atoms with van der Waals surface area (Å²) in [6, 6.07) is 12.7. The molecule has 21 heavy (non-hydrogen) atoms. The fourth-order valence-electron chi connectivity index (χ4n) is 1.94. The third-order valence-electron chi connectivity index (χ3n) is 2.99. The zero-order chi connectivity index (χ0) is 14.8. The van der Waals surface area contributed by atoms with Crippen LogP contribution in [0.25, 0.3) is 22.8 Å². The number of ether oxygens (including phenoxy) is 1. The van der Waals surface area contributed by atoms with Crippen LogP contribution in [0.2, 0.25) is 0 Å². The number of phenols is 1. The molecule has 0 spiro atoms. The maximum Gasteiger partial charge on any atom is 0.262 e. The van der Waals surface area contributed by atoms with Gasteiger partial charge in [-0.1, -0.05) is 39.3 Å². The standard InChI is InChI=1S/C15H11BrN2O3/c1-20-12-8-4-6-10(13(12)19)15-17-14(18-21-15)9-5-2-3-7-11(9)16/h2-8,19H,1H3. The molecule has 0 radical (unpaired) electrons. The fraction of sp³-hybridized carbons (Fsp3) is 0.0667. The molecule has 1 N–H and O–H groups in total. The van der Waals surface area contributed by atoms with Crippen molar-refractivity contribution >= 4 is 15.9 Å². The van der Waals surface area contributed by atoms with Crippen LogP contribution in [0, 0.1) is 0 Å². The van der Waals surface area contributed by atoms with Gasteiger partial charge in [-0.05, 0) is 24.3 Å². The van der Waals surface area contributed by atoms with Crippen LogP contribution in [0.15, 0.2) is 51.5 Å². The first-order valence-electron chi connectivity index (χ1n) is 6.15. The van der Waals surface area contributed by atoms with Crippen LogP contribution in [0.1, 0.15) is 0 Å². The van der Waals surface area contributed by atoms with Crippen molar-refractivity contribution < 1.29 is 14.4 Å². The van der Waals surface area contributed by atoms with Gasteiger partial charge in [0.2, 0.25) is 5.82 Å². The largest absolute Gasteiger partial charge is 0.504 e. The van der Waals surface area contributed by atoms with E-state index in [1.807, 2.05) is 24.3 Å². The molecule has 1 heterocycles. The molecule has 0 aliphatic heterocycles. The Kier molecular flexibility index (Phi) is 3.62. The monoisotopic (exact) mass is 346 g/mol. The molecule has 106 valence electrons. The smallest absolute Gasteiger partial charge is 0.262 e. The lowest BCUT2D eigenvalue weighted by atomic mass is 10.2. The zero-order valence-corrected chi connectivity index (χ0v) is 12.7. The first-order chi connectivity index (χ1) is 10.2. The van der Waals surface area contributed by atoms with E-state index in [0.717, 1.165) is 10.0 Å². The van der Waals surface area contributed by atoms with Crippen LogP contribution < -0.4 is 4.74 Å². The van der Waals surface area contributed by atoms with Crippen molar-refractivity contribution in [3.8, 4) is 34.3 Å². The number of aromatic nitrogens is 2. The third-order valence-corrected chi connectivity index (χ3v) is 3.68. The van der Waals surface area contributed by atoms with Gasteiger partial charge < -0.3 is 14.4 Å². The summed E-state index contributed by atoms with van der Waals surface area (Å²) in [6.45, 7) is 0. The Balaban J connectivity index is 2.05. The van der Waals surface area contributed by atoms with Crippen molar-refractivity contribution in [2.24, 2.45) is 0 Å². The van der Waals surface area contributed by atoms with Gasteiger partial charge >= 0.3 is 0 Å². The highest BCUT2D eigenvalue weighted by molar-refractivity contribution is 9.10. The summed E-state index contributed by atoms with van der Waals surface area (Å²) in [4.78, 5) is 4.32. The van der Waals surface area contributed by atoms with Crippen molar-refractivity contribution in [2.75, 3.05) is 7.11 Å². The topological polar surface area (TPSA) is 68.4 Å². The van der Waals surface area contributed by atoms with Crippen LogP contribution in [0.3, 0.4) is 0 Å². The van der Waals surface area contributed by atoms with Crippen LogP contribution in [0.5, 0.6) is 11.5 Å². The quantitative estimate of drug-likeness (QED) is 0.779. The molecular formula is C15H11BrN2O3. The van der Waals surface area contributed by atoms with E-state index in [1.54, 1.807) is 18.2 Å². The Morgan fingerprint density at radius 1 is 1.10 bits per heavy atom. The van der Waals surface area contributed by atoms with E-state index in [9.17, 15) is 5.11 Å². The van der Waals surface area contributed by atoms with Crippen LogP contribution in [-0.4, -0.2) is 22.4 Å². The predicted molar refractivity (Wildman–Crippen MR) is 81.1 cm³/mol. The number of hydrogen-bond acceptors (Lipinski definition) is 5. The van der Waals surface area contributed by atoms with Gasteiger partial charge in [0, 0.05) is 10.0 Å². The molecule has 0 saturated heterocycles. The molecule has 2 aromatic carbocycles. The van der Waals surface area contributed by atoms with Crippen molar-refractivity contribution in [1.82, 2.24) is 10.1 Å². The van der Waals surface area contributed by atoms with Gasteiger partial charge in [0.05, 0.1) is 12.7 Å². The molecule has 5 nitrogen and oxygen atoms in total. The van der Waals surface area contributed by atoms with E-state index < -0.39 is 0 Å². The highest BCUT2D eigenvalue weighted by Gasteiger charge is 2.17. The number of methoxy groups -OCH3 is 1. The van der Waals surface area contributed by atoms with Crippen LogP contribution >= 0.6 is 15.9 Å². The van der Waals surface area contributed by atoms with Crippen LogP contribution in [-0.2, 0) is 0 Å². The van der Waals surface area contributed by atoms with Gasteiger partial charge in [0.1, 0.15) is 0 Å². The zero-order valence-electron chi connectivity index (χ0n) is 11.1. The van der Waals surface area contributed by atoms with Crippen molar-refractivity contribution in [3.05, 3.63) is 46.9 Å². The number of phenolic OH excluding ortho intramolecular Hbond substituents is 1. The van der Waals surface area contributed by atoms with Gasteiger partial charge in [-0.15, -0.1) is 0 Å². The average Bonchev–Trinajstić information content (AvgIpc) is 2.97. The minimum Gasteiger partial charge on any atom is -0.504 e. The maximum atomic E-state index is 10.1. The Morgan fingerprint density at radius 2 is 1.86 bits per heavy atom. The van der Waals surface area contributed by atoms with E-state index in [4.69, 9.17) is 9.26 Å². The summed E-state index contributed by atoms with van der Waals surface area (Å²) in [6.07, 6.45) is 0. The molecule has 0 fully saturated rings. The summed E-state index contributed by atoms with van der Waals surface area (Å²) >= 11 is 3.44. The SMILES string of the molecule is COc1cccc(-c2nc(-c3ccccc3Br)no2)c1O. The van der Waals surface area contributed by atoms with E-state index >= 15 is 0 Å². The normalized spacial score (nSPS) is 10.6. The molecule has 0 unspecified atom stereocenters. The minimum atomic E-state index is -0.0256. The lowest BCUT2D eigenvalue weighted by Gasteiger charge is -2.04. The average molecular weight is 347 g/mol. The predicted octanol–water partition coefficient (Wildman–Crippen LogP) is 3.88. The molecule has 0 atom stereocenters. The van der Waals surface area contributed by atoms with E-state index in [1.165, 1.54) is 7.11 Å². The molecule has 6 heteroatoms. The van der Waals surface area contributed by atoms with Crippen molar-refractivity contribution in [1.29, 1.82) is 0 Å². The second-order valence-corrected chi connectivity index (χ2v) is 5.11. The molecule has 0 saturated carbocycles. The number of hydrogen-bond donors (Lipinski definition) is 1. The Bertz CT molecular complexity index is 786. The molecule has 0 aliphatic carbocycles. The van der Waals surface area contributed by atoms with Crippen molar-refractivity contribution in [3.63, 3.8) is 0 Å². The molecule has 0 amide bonds. The highest BCUT2D eigenvalue weighted by Crippen LogP contribution is 2.37. The Labute approximate surface area is 129 Å². The first kappa shape index (κ1) is 13.6. The first-order valence-corrected chi connectivity index (χ1v) is 6.95. The number of halogens is 1. The number of nitrogens with zero attached hydrogens (tertiary/aromatic N) is 2. The summed E-state index contributed by atoms with van der Waals surface area (Å²) in [7, 11) is 1.49. The Hall–Kier alpha value is -2.34. The minimum absolute atomic E-state index is 0.0256. The molecule has 3 rings (SSSR count). The molecule has 0 bridgehead atoms. The van der Waals surface area contributed by atoms with E-state index in [0.29, 0.717) is 17.1 Å². The lowest BCUT2D eigenvalue weighted by Crippen LogP contribution is -1.86. The second-order valence-electron chi connectivity index (χ2n) is 4.26. The summed E-state index contributed by atoms with van der Waals surface area (Å²) in [5.74, 6) is 1.01. The molecule has 3 aromatic rings. The maximum absolute atomic E-state index is 10.1. The summed E-state index contributed by atoms with van der Waals surface area (Å²) < 4.78 is 11.2. The van der Waals surface area contributed by atoms with Crippen LogP contribution in [0.4, 0.5) is 0 Å². The van der Waals surface area contributed by atoms with Gasteiger partial charge in [-0.25, -0.2) is 0 Å². The molecule has 1 aromatic heterocycles. The molecule has 0 aliphatic rings. The number of aromatic hydroxyl groups is 1. The third kappa shape index (κ3) is 2.50. The molecular weight excluding hydrogens is 336 g/mol. The highest BCUT2D eigenvalue weighted by atomic mass is 79.9. The fourth-order valence-corrected chi connectivity index (χ4v) is 2.41. The van der Waals surface area contributed by atoms with Gasteiger partial charge in [-0.3, -0.25) is 0 Å².